The Morgan fingerprint density at radius 1 is 0.731 bits per heavy atom. The smallest absolute Gasteiger partial charge is 0.122 e. The molecule has 0 saturated carbocycles. The van der Waals surface area contributed by atoms with Crippen molar-refractivity contribution in [3.63, 3.8) is 0 Å². The molecule has 0 fully saturated rings. The third kappa shape index (κ3) is 13.8. The number of halogens is 2. The highest BCUT2D eigenvalue weighted by Gasteiger charge is 1.98. The van der Waals surface area contributed by atoms with Crippen molar-refractivity contribution in [2.24, 2.45) is 11.5 Å². The Hall–Kier alpha value is -1.46. The molecule has 0 aliphatic carbocycles. The molecule has 26 heavy (non-hydrogen) atoms. The van der Waals surface area contributed by atoms with Crippen LogP contribution < -0.4 is 16.2 Å². The van der Waals surface area contributed by atoms with Crippen LogP contribution in [0, 0.1) is 10.8 Å². The van der Waals surface area contributed by atoms with Crippen molar-refractivity contribution in [2.45, 2.75) is 64.2 Å². The summed E-state index contributed by atoms with van der Waals surface area (Å²) in [6, 6.07) is 7.36. The van der Waals surface area contributed by atoms with Crippen LogP contribution in [-0.2, 0) is 0 Å². The van der Waals surface area contributed by atoms with Crippen LogP contribution in [0.15, 0.2) is 24.3 Å². The Bertz CT molecular complexity index is 495. The summed E-state index contributed by atoms with van der Waals surface area (Å²) in [7, 11) is 0. The van der Waals surface area contributed by atoms with E-state index < -0.39 is 0 Å². The number of nitrogens with one attached hydrogen (secondary N) is 2. The lowest BCUT2D eigenvalue weighted by atomic mass is 10.1. The van der Waals surface area contributed by atoms with Crippen LogP contribution in [-0.4, -0.2) is 18.3 Å². The average molecular weight is 405 g/mol. The molecule has 1 rings (SSSR count). The summed E-state index contributed by atoms with van der Waals surface area (Å²) in [5, 5.41) is 14.5. The first-order chi connectivity index (χ1) is 11.6. The number of amidine groups is 2. The molecule has 0 unspecified atom stereocenters. The maximum absolute atomic E-state index is 7.34. The van der Waals surface area contributed by atoms with E-state index in [-0.39, 0.29) is 30.6 Å². The van der Waals surface area contributed by atoms with Gasteiger partial charge in [0.15, 0.2) is 0 Å². The number of nitrogen functional groups attached to an aromatic ring is 1. The van der Waals surface area contributed by atoms with Crippen LogP contribution in [0.1, 0.15) is 69.8 Å². The molecule has 150 valence electrons. The Kier molecular flexibility index (Phi) is 17.5. The van der Waals surface area contributed by atoms with Crippen LogP contribution in [0.25, 0.3) is 0 Å². The van der Waals surface area contributed by atoms with Crippen molar-refractivity contribution in [2.75, 3.05) is 6.61 Å². The Morgan fingerprint density at radius 3 is 1.65 bits per heavy atom. The molecular weight excluding hydrogens is 371 g/mol. The normalized spacial score (nSPS) is 9.69. The van der Waals surface area contributed by atoms with Gasteiger partial charge in [0.2, 0.25) is 0 Å². The quantitative estimate of drug-likeness (QED) is 0.198. The summed E-state index contributed by atoms with van der Waals surface area (Å²) in [5.74, 6) is 1.23. The summed E-state index contributed by atoms with van der Waals surface area (Å²) in [6.45, 7) is 0.741. The second-order valence-corrected chi connectivity index (χ2v) is 6.24. The lowest BCUT2D eigenvalue weighted by molar-refractivity contribution is 0.304. The Morgan fingerprint density at radius 2 is 1.19 bits per heavy atom. The van der Waals surface area contributed by atoms with Crippen LogP contribution in [0.4, 0.5) is 0 Å². The first kappa shape index (κ1) is 26.8. The van der Waals surface area contributed by atoms with Gasteiger partial charge in [0, 0.05) is 12.0 Å². The maximum atomic E-state index is 7.34. The molecule has 7 heteroatoms. The van der Waals surface area contributed by atoms with E-state index in [4.69, 9.17) is 27.0 Å². The SMILES string of the molecule is Cl.Cl.N=C(N)CCCCCCCCCCCOc1ccc(C(=N)N)cc1. The molecule has 6 N–H and O–H groups in total. The second-order valence-electron chi connectivity index (χ2n) is 6.24. The lowest BCUT2D eigenvalue weighted by Gasteiger charge is -2.07. The third-order valence-corrected chi connectivity index (χ3v) is 4.02. The highest BCUT2D eigenvalue weighted by Crippen LogP contribution is 2.14. The van der Waals surface area contributed by atoms with Crippen LogP contribution in [0.5, 0.6) is 5.75 Å². The molecule has 1 aromatic rings. The molecule has 0 spiro atoms. The minimum atomic E-state index is 0. The van der Waals surface area contributed by atoms with Gasteiger partial charge in [-0.1, -0.05) is 44.9 Å². The van der Waals surface area contributed by atoms with Crippen LogP contribution >= 0.6 is 24.8 Å². The van der Waals surface area contributed by atoms with E-state index in [1.165, 1.54) is 44.9 Å². The topological polar surface area (TPSA) is 109 Å². The molecule has 0 aromatic heterocycles. The fourth-order valence-electron chi connectivity index (χ4n) is 2.58. The van der Waals surface area contributed by atoms with E-state index >= 15 is 0 Å². The van der Waals surface area contributed by atoms with Crippen molar-refractivity contribution >= 4 is 36.5 Å². The molecule has 0 amide bonds. The number of unbranched alkanes of at least 4 members (excludes halogenated alkanes) is 8. The summed E-state index contributed by atoms with van der Waals surface area (Å²) < 4.78 is 5.69. The van der Waals surface area contributed by atoms with Crippen LogP contribution in [0.2, 0.25) is 0 Å². The van der Waals surface area contributed by atoms with E-state index in [1.54, 1.807) is 0 Å². The van der Waals surface area contributed by atoms with Gasteiger partial charge in [0.25, 0.3) is 0 Å². The molecule has 5 nitrogen and oxygen atoms in total. The van der Waals surface area contributed by atoms with E-state index in [0.717, 1.165) is 37.2 Å². The second kappa shape index (κ2) is 17.0. The van der Waals surface area contributed by atoms with Crippen molar-refractivity contribution in [1.29, 1.82) is 10.8 Å². The van der Waals surface area contributed by atoms with Gasteiger partial charge >= 0.3 is 0 Å². The van der Waals surface area contributed by atoms with Gasteiger partial charge in [-0.2, -0.15) is 0 Å². The monoisotopic (exact) mass is 404 g/mol. The van der Waals surface area contributed by atoms with Gasteiger partial charge in [-0.25, -0.2) is 0 Å². The lowest BCUT2D eigenvalue weighted by Crippen LogP contribution is -2.10. The molecule has 0 aliphatic rings. The molecule has 0 radical (unpaired) electrons. The summed E-state index contributed by atoms with van der Waals surface area (Å²) in [5.41, 5.74) is 11.5. The van der Waals surface area contributed by atoms with Crippen molar-refractivity contribution < 1.29 is 4.74 Å². The molecule has 1 aromatic carbocycles. The Labute approximate surface area is 170 Å². The fourth-order valence-corrected chi connectivity index (χ4v) is 2.58. The highest BCUT2D eigenvalue weighted by atomic mass is 35.5. The van der Waals surface area contributed by atoms with Gasteiger partial charge in [-0.3, -0.25) is 10.8 Å². The molecular formula is C19H34Cl2N4O. The predicted molar refractivity (Wildman–Crippen MR) is 116 cm³/mol. The van der Waals surface area contributed by atoms with Crippen molar-refractivity contribution in [3.8, 4) is 5.75 Å². The van der Waals surface area contributed by atoms with Crippen molar-refractivity contribution in [1.82, 2.24) is 0 Å². The zero-order valence-corrected chi connectivity index (χ0v) is 17.1. The minimum Gasteiger partial charge on any atom is -0.494 e. The average Bonchev–Trinajstić information content (AvgIpc) is 2.56. The van der Waals surface area contributed by atoms with Crippen LogP contribution in [0.3, 0.4) is 0 Å². The minimum absolute atomic E-state index is 0. The van der Waals surface area contributed by atoms with E-state index in [0.29, 0.717) is 5.84 Å². The molecule has 0 aliphatic heterocycles. The van der Waals surface area contributed by atoms with Gasteiger partial charge in [0.1, 0.15) is 11.6 Å². The number of benzene rings is 1. The predicted octanol–water partition coefficient (Wildman–Crippen LogP) is 5.03. The fraction of sp³-hybridized carbons (Fsp3) is 0.579. The molecule has 0 atom stereocenters. The van der Waals surface area contributed by atoms with Gasteiger partial charge in [0.05, 0.1) is 12.4 Å². The number of nitrogens with two attached hydrogens (primary N) is 2. The number of hydrogen-bond donors (Lipinski definition) is 4. The molecule has 0 saturated heterocycles. The zero-order chi connectivity index (χ0) is 17.6. The van der Waals surface area contributed by atoms with Gasteiger partial charge in [-0.05, 0) is 37.1 Å². The van der Waals surface area contributed by atoms with Gasteiger partial charge < -0.3 is 16.2 Å². The van der Waals surface area contributed by atoms with E-state index in [9.17, 15) is 0 Å². The Balaban J connectivity index is 0. The molecule has 0 bridgehead atoms. The first-order valence-corrected chi connectivity index (χ1v) is 9.00. The number of rotatable bonds is 14. The maximum Gasteiger partial charge on any atom is 0.122 e. The zero-order valence-electron chi connectivity index (χ0n) is 15.5. The number of hydrogen-bond acceptors (Lipinski definition) is 3. The summed E-state index contributed by atoms with van der Waals surface area (Å²) in [4.78, 5) is 0. The van der Waals surface area contributed by atoms with E-state index in [1.807, 2.05) is 24.3 Å². The number of ether oxygens (including phenoxy) is 1. The standard InChI is InChI=1S/C19H32N4O.2ClH/c20-18(21)10-8-6-4-2-1-3-5-7-9-15-24-17-13-11-16(12-14-17)19(22)23;;/h11-14H,1-10,15H2,(H3,20,21)(H3,22,23);2*1H. The first-order valence-electron chi connectivity index (χ1n) is 9.00. The van der Waals surface area contributed by atoms with Crippen molar-refractivity contribution in [3.05, 3.63) is 29.8 Å². The summed E-state index contributed by atoms with van der Waals surface area (Å²) >= 11 is 0. The largest absolute Gasteiger partial charge is 0.494 e. The molecule has 0 heterocycles. The van der Waals surface area contributed by atoms with Gasteiger partial charge in [-0.15, -0.1) is 24.8 Å². The van der Waals surface area contributed by atoms with E-state index in [2.05, 4.69) is 0 Å². The third-order valence-electron chi connectivity index (χ3n) is 4.02. The highest BCUT2D eigenvalue weighted by molar-refractivity contribution is 5.94. The summed E-state index contributed by atoms with van der Waals surface area (Å²) in [6.07, 6.45) is 11.7.